The van der Waals surface area contributed by atoms with Crippen molar-refractivity contribution in [3.05, 3.63) is 71.5 Å². The monoisotopic (exact) mass is 326 g/mol. The quantitative estimate of drug-likeness (QED) is 0.338. The lowest BCUT2D eigenvalue weighted by atomic mass is 10.0. The Balaban J connectivity index is 2.26. The van der Waals surface area contributed by atoms with Gasteiger partial charge in [0.25, 0.3) is 0 Å². The van der Waals surface area contributed by atoms with E-state index in [4.69, 9.17) is 14.2 Å². The van der Waals surface area contributed by atoms with E-state index in [1.807, 2.05) is 18.2 Å². The molecule has 0 bridgehead atoms. The molecule has 0 aliphatic carbocycles. The van der Waals surface area contributed by atoms with Gasteiger partial charge in [-0.2, -0.15) is 0 Å². The molecule has 2 rings (SSSR count). The molecule has 0 saturated heterocycles. The van der Waals surface area contributed by atoms with Crippen LogP contribution >= 0.6 is 0 Å². The Morgan fingerprint density at radius 1 is 1.08 bits per heavy atom. The number of hydrogen-bond acceptors (Lipinski definition) is 5. The average molecular weight is 326 g/mol. The van der Waals surface area contributed by atoms with Gasteiger partial charge in [0, 0.05) is 5.56 Å². The minimum absolute atomic E-state index is 0.233. The SMILES string of the molecule is CO/C=C(\C(=O)OC)c1ccccc1COc1cccc(C=O)c1. The van der Waals surface area contributed by atoms with Gasteiger partial charge >= 0.3 is 5.97 Å². The average Bonchev–Trinajstić information content (AvgIpc) is 2.64. The van der Waals surface area contributed by atoms with Gasteiger partial charge in [-0.1, -0.05) is 36.4 Å². The highest BCUT2D eigenvalue weighted by atomic mass is 16.5. The van der Waals surface area contributed by atoms with Crippen LogP contribution in [-0.4, -0.2) is 26.5 Å². The maximum atomic E-state index is 12.0. The Morgan fingerprint density at radius 2 is 1.88 bits per heavy atom. The highest BCUT2D eigenvalue weighted by Gasteiger charge is 2.16. The molecule has 0 fully saturated rings. The highest BCUT2D eigenvalue weighted by molar-refractivity contribution is 6.16. The fraction of sp³-hybridized carbons (Fsp3) is 0.158. The van der Waals surface area contributed by atoms with E-state index in [0.29, 0.717) is 22.4 Å². The molecular formula is C19H18O5. The molecule has 0 atom stereocenters. The van der Waals surface area contributed by atoms with E-state index >= 15 is 0 Å². The normalized spacial score (nSPS) is 10.8. The molecule has 5 nitrogen and oxygen atoms in total. The summed E-state index contributed by atoms with van der Waals surface area (Å²) in [6.07, 6.45) is 2.11. The Kier molecular flexibility index (Phi) is 6.14. The molecule has 0 radical (unpaired) electrons. The van der Waals surface area contributed by atoms with Crippen molar-refractivity contribution in [2.45, 2.75) is 6.61 Å². The largest absolute Gasteiger partial charge is 0.503 e. The van der Waals surface area contributed by atoms with E-state index in [-0.39, 0.29) is 6.61 Å². The minimum Gasteiger partial charge on any atom is -0.503 e. The molecular weight excluding hydrogens is 308 g/mol. The van der Waals surface area contributed by atoms with Crippen LogP contribution in [0.4, 0.5) is 0 Å². The summed E-state index contributed by atoms with van der Waals surface area (Å²) in [7, 11) is 2.78. The van der Waals surface area contributed by atoms with Gasteiger partial charge in [-0.05, 0) is 23.3 Å². The van der Waals surface area contributed by atoms with E-state index < -0.39 is 5.97 Å². The van der Waals surface area contributed by atoms with Gasteiger partial charge in [0.2, 0.25) is 0 Å². The standard InChI is InChI=1S/C19H18O5/c1-22-13-18(19(21)23-2)17-9-4-3-7-15(17)12-24-16-8-5-6-14(10-16)11-20/h3-11,13H,12H2,1-2H3/b18-13-. The lowest BCUT2D eigenvalue weighted by Gasteiger charge is -2.13. The summed E-state index contributed by atoms with van der Waals surface area (Å²) in [6.45, 7) is 0.233. The molecule has 0 aromatic heterocycles. The van der Waals surface area contributed by atoms with Gasteiger partial charge in [0.15, 0.2) is 0 Å². The van der Waals surface area contributed by atoms with Gasteiger partial charge in [0.05, 0.1) is 20.5 Å². The van der Waals surface area contributed by atoms with E-state index in [0.717, 1.165) is 11.8 Å². The molecule has 0 amide bonds. The maximum Gasteiger partial charge on any atom is 0.341 e. The van der Waals surface area contributed by atoms with Crippen LogP contribution in [0.25, 0.3) is 5.57 Å². The first-order valence-corrected chi connectivity index (χ1v) is 7.27. The van der Waals surface area contributed by atoms with Crippen LogP contribution in [0.5, 0.6) is 5.75 Å². The van der Waals surface area contributed by atoms with E-state index in [9.17, 15) is 9.59 Å². The van der Waals surface area contributed by atoms with E-state index in [2.05, 4.69) is 0 Å². The topological polar surface area (TPSA) is 61.8 Å². The van der Waals surface area contributed by atoms with Crippen molar-refractivity contribution >= 4 is 17.8 Å². The van der Waals surface area contributed by atoms with Crippen molar-refractivity contribution in [3.63, 3.8) is 0 Å². The molecule has 0 aliphatic heterocycles. The van der Waals surface area contributed by atoms with Gasteiger partial charge in [0.1, 0.15) is 24.2 Å². The van der Waals surface area contributed by atoms with Crippen LogP contribution in [0, 0.1) is 0 Å². The van der Waals surface area contributed by atoms with Crippen molar-refractivity contribution in [1.29, 1.82) is 0 Å². The number of aldehydes is 1. The van der Waals surface area contributed by atoms with Crippen molar-refractivity contribution in [2.24, 2.45) is 0 Å². The van der Waals surface area contributed by atoms with E-state index in [1.165, 1.54) is 20.5 Å². The first-order valence-electron chi connectivity index (χ1n) is 7.27. The third-order valence-corrected chi connectivity index (χ3v) is 3.34. The summed E-state index contributed by atoms with van der Waals surface area (Å²) in [5.74, 6) is 0.0806. The molecule has 5 heteroatoms. The summed E-state index contributed by atoms with van der Waals surface area (Å²) in [6, 6.07) is 14.2. The summed E-state index contributed by atoms with van der Waals surface area (Å²) in [5.41, 5.74) is 2.30. The van der Waals surface area contributed by atoms with Crippen LogP contribution in [0.15, 0.2) is 54.8 Å². The fourth-order valence-electron chi connectivity index (χ4n) is 2.20. The summed E-state index contributed by atoms with van der Waals surface area (Å²) in [4.78, 5) is 22.8. The lowest BCUT2D eigenvalue weighted by Crippen LogP contribution is -2.08. The smallest absolute Gasteiger partial charge is 0.341 e. The van der Waals surface area contributed by atoms with Crippen LogP contribution in [-0.2, 0) is 20.9 Å². The molecule has 24 heavy (non-hydrogen) atoms. The first-order chi connectivity index (χ1) is 11.7. The molecule has 0 spiro atoms. The molecule has 2 aromatic carbocycles. The Bertz CT molecular complexity index is 749. The Labute approximate surface area is 140 Å². The molecule has 0 saturated carbocycles. The van der Waals surface area contributed by atoms with Crippen molar-refractivity contribution in [2.75, 3.05) is 14.2 Å². The molecule has 0 heterocycles. The summed E-state index contributed by atoms with van der Waals surface area (Å²) < 4.78 is 15.5. The number of carbonyl (C=O) groups is 2. The van der Waals surface area contributed by atoms with Crippen molar-refractivity contribution in [1.82, 2.24) is 0 Å². The fourth-order valence-corrected chi connectivity index (χ4v) is 2.20. The molecule has 2 aromatic rings. The predicted molar refractivity (Wildman–Crippen MR) is 89.6 cm³/mol. The second-order valence-corrected chi connectivity index (χ2v) is 4.89. The van der Waals surface area contributed by atoms with Crippen LogP contribution in [0.3, 0.4) is 0 Å². The van der Waals surface area contributed by atoms with Gasteiger partial charge in [-0.25, -0.2) is 4.79 Å². The highest BCUT2D eigenvalue weighted by Crippen LogP contribution is 2.23. The maximum absolute atomic E-state index is 12.0. The van der Waals surface area contributed by atoms with Crippen LogP contribution in [0.2, 0.25) is 0 Å². The number of methoxy groups -OCH3 is 2. The number of carbonyl (C=O) groups excluding carboxylic acids is 2. The van der Waals surface area contributed by atoms with Crippen LogP contribution in [0.1, 0.15) is 21.5 Å². The van der Waals surface area contributed by atoms with Gasteiger partial charge < -0.3 is 14.2 Å². The second-order valence-electron chi connectivity index (χ2n) is 4.89. The minimum atomic E-state index is -0.493. The van der Waals surface area contributed by atoms with Crippen molar-refractivity contribution in [3.8, 4) is 5.75 Å². The van der Waals surface area contributed by atoms with E-state index in [1.54, 1.807) is 30.3 Å². The summed E-state index contributed by atoms with van der Waals surface area (Å²) >= 11 is 0. The zero-order valence-electron chi connectivity index (χ0n) is 13.5. The third kappa shape index (κ3) is 4.23. The van der Waals surface area contributed by atoms with Gasteiger partial charge in [-0.15, -0.1) is 0 Å². The van der Waals surface area contributed by atoms with Gasteiger partial charge in [-0.3, -0.25) is 4.79 Å². The second kappa shape index (κ2) is 8.53. The number of hydrogen-bond donors (Lipinski definition) is 0. The predicted octanol–water partition coefficient (Wildman–Crippen LogP) is 3.24. The zero-order valence-corrected chi connectivity index (χ0v) is 13.5. The molecule has 0 aliphatic rings. The van der Waals surface area contributed by atoms with Crippen molar-refractivity contribution < 1.29 is 23.8 Å². The van der Waals surface area contributed by atoms with Crippen LogP contribution < -0.4 is 4.74 Å². The lowest BCUT2D eigenvalue weighted by molar-refractivity contribution is -0.133. The number of ether oxygens (including phenoxy) is 3. The Morgan fingerprint density at radius 3 is 2.58 bits per heavy atom. The molecule has 0 N–H and O–H groups in total. The molecule has 124 valence electrons. The number of rotatable bonds is 7. The zero-order chi connectivity index (χ0) is 17.4. The Hall–Kier alpha value is -3.08. The molecule has 0 unspecified atom stereocenters. The summed E-state index contributed by atoms with van der Waals surface area (Å²) in [5, 5.41) is 0. The number of esters is 1. The third-order valence-electron chi connectivity index (χ3n) is 3.34. The number of benzene rings is 2. The first kappa shape index (κ1) is 17.3.